The quantitative estimate of drug-likeness (QED) is 0.731. The zero-order chi connectivity index (χ0) is 19.6. The maximum atomic E-state index is 12.6. The summed E-state index contributed by atoms with van der Waals surface area (Å²) in [6, 6.07) is 10.4. The highest BCUT2D eigenvalue weighted by Crippen LogP contribution is 2.27. The van der Waals surface area contributed by atoms with E-state index in [0.29, 0.717) is 13.0 Å². The lowest BCUT2D eigenvalue weighted by Crippen LogP contribution is -2.32. The number of likely N-dealkylation sites (N-methyl/N-ethyl adjacent to an activating group) is 1. The molecule has 0 aliphatic carbocycles. The van der Waals surface area contributed by atoms with Gasteiger partial charge in [0, 0.05) is 24.8 Å². The van der Waals surface area contributed by atoms with E-state index in [4.69, 9.17) is 4.98 Å². The lowest BCUT2D eigenvalue weighted by atomic mass is 10.0. The summed E-state index contributed by atoms with van der Waals surface area (Å²) in [4.78, 5) is 19.5. The highest BCUT2D eigenvalue weighted by Gasteiger charge is 2.18. The number of carbonyl (C=O) groups excluding carboxylic acids is 1. The number of carbonyl (C=O) groups is 1. The summed E-state index contributed by atoms with van der Waals surface area (Å²) in [5.74, 6) is 0.0187. The molecule has 1 amide bonds. The fourth-order valence-corrected chi connectivity index (χ4v) is 3.18. The SMILES string of the molecule is Cc1ccc(-c2nc3c(C)cccn3c2CC(=O)NCCN(C)C)cc1C. The van der Waals surface area contributed by atoms with E-state index in [2.05, 4.69) is 42.3 Å². The molecular formula is C22H28N4O. The normalized spacial score (nSPS) is 11.3. The minimum absolute atomic E-state index is 0.0187. The molecule has 0 spiro atoms. The van der Waals surface area contributed by atoms with Gasteiger partial charge in [-0.1, -0.05) is 18.2 Å². The zero-order valence-corrected chi connectivity index (χ0v) is 16.8. The van der Waals surface area contributed by atoms with Gasteiger partial charge in [0.05, 0.1) is 17.8 Å². The number of rotatable bonds is 6. The summed E-state index contributed by atoms with van der Waals surface area (Å²) in [5, 5.41) is 3.01. The molecule has 0 radical (unpaired) electrons. The topological polar surface area (TPSA) is 49.6 Å². The highest BCUT2D eigenvalue weighted by atomic mass is 16.1. The number of nitrogens with one attached hydrogen (secondary N) is 1. The van der Waals surface area contributed by atoms with Crippen molar-refractivity contribution < 1.29 is 4.79 Å². The van der Waals surface area contributed by atoms with Gasteiger partial charge >= 0.3 is 0 Å². The van der Waals surface area contributed by atoms with Crippen molar-refractivity contribution in [1.82, 2.24) is 19.6 Å². The first kappa shape index (κ1) is 19.1. The summed E-state index contributed by atoms with van der Waals surface area (Å²) in [5.41, 5.74) is 7.35. The van der Waals surface area contributed by atoms with E-state index < -0.39 is 0 Å². The summed E-state index contributed by atoms with van der Waals surface area (Å²) in [6.07, 6.45) is 2.29. The second-order valence-electron chi connectivity index (χ2n) is 7.42. The molecule has 0 bridgehead atoms. The molecular weight excluding hydrogens is 336 g/mol. The first-order chi connectivity index (χ1) is 12.9. The Bertz CT molecular complexity index is 972. The fourth-order valence-electron chi connectivity index (χ4n) is 3.18. The van der Waals surface area contributed by atoms with E-state index in [1.165, 1.54) is 11.1 Å². The molecule has 0 fully saturated rings. The number of aromatic nitrogens is 2. The van der Waals surface area contributed by atoms with Gasteiger partial charge in [0.15, 0.2) is 0 Å². The molecule has 0 aliphatic heterocycles. The number of hydrogen-bond donors (Lipinski definition) is 1. The van der Waals surface area contributed by atoms with Crippen molar-refractivity contribution in [2.45, 2.75) is 27.2 Å². The van der Waals surface area contributed by atoms with Gasteiger partial charge in [0.2, 0.25) is 5.91 Å². The standard InChI is InChI=1S/C22H28N4O/c1-15-8-9-18(13-17(15)3)21-19(14-20(27)23-10-12-25(4)5)26-11-6-7-16(2)22(26)24-21/h6-9,11,13H,10,12,14H2,1-5H3,(H,23,27). The molecule has 0 unspecified atom stereocenters. The Labute approximate surface area is 161 Å². The Hall–Kier alpha value is -2.66. The monoisotopic (exact) mass is 364 g/mol. The molecule has 0 atom stereocenters. The molecule has 2 heterocycles. The molecule has 0 aliphatic rings. The summed E-state index contributed by atoms with van der Waals surface area (Å²) in [7, 11) is 3.99. The molecule has 142 valence electrons. The molecule has 5 nitrogen and oxygen atoms in total. The molecule has 0 saturated carbocycles. The summed E-state index contributed by atoms with van der Waals surface area (Å²) < 4.78 is 2.05. The van der Waals surface area contributed by atoms with Crippen molar-refractivity contribution >= 4 is 11.6 Å². The third-order valence-electron chi connectivity index (χ3n) is 4.93. The van der Waals surface area contributed by atoms with Crippen LogP contribution >= 0.6 is 0 Å². The minimum Gasteiger partial charge on any atom is -0.354 e. The number of hydrogen-bond acceptors (Lipinski definition) is 3. The van der Waals surface area contributed by atoms with Crippen LogP contribution in [-0.4, -0.2) is 47.4 Å². The van der Waals surface area contributed by atoms with Crippen molar-refractivity contribution in [3.05, 3.63) is 58.9 Å². The summed E-state index contributed by atoms with van der Waals surface area (Å²) >= 11 is 0. The molecule has 5 heteroatoms. The third-order valence-corrected chi connectivity index (χ3v) is 4.93. The van der Waals surface area contributed by atoms with Crippen LogP contribution in [0.5, 0.6) is 0 Å². The van der Waals surface area contributed by atoms with Gasteiger partial charge in [-0.05, 0) is 63.7 Å². The van der Waals surface area contributed by atoms with Crippen LogP contribution in [0, 0.1) is 20.8 Å². The fraction of sp³-hybridized carbons (Fsp3) is 0.364. The van der Waals surface area contributed by atoms with Gasteiger partial charge in [-0.2, -0.15) is 0 Å². The predicted molar refractivity (Wildman–Crippen MR) is 110 cm³/mol. The minimum atomic E-state index is 0.0187. The van der Waals surface area contributed by atoms with Crippen LogP contribution in [-0.2, 0) is 11.2 Å². The van der Waals surface area contributed by atoms with Crippen molar-refractivity contribution in [3.63, 3.8) is 0 Å². The Balaban J connectivity index is 2.00. The first-order valence-electron chi connectivity index (χ1n) is 9.32. The van der Waals surface area contributed by atoms with Crippen LogP contribution in [0.3, 0.4) is 0 Å². The van der Waals surface area contributed by atoms with Crippen LogP contribution in [0.25, 0.3) is 16.9 Å². The maximum absolute atomic E-state index is 12.6. The van der Waals surface area contributed by atoms with Gasteiger partial charge in [-0.15, -0.1) is 0 Å². The Morgan fingerprint density at radius 3 is 2.59 bits per heavy atom. The zero-order valence-electron chi connectivity index (χ0n) is 16.8. The van der Waals surface area contributed by atoms with Crippen molar-refractivity contribution in [1.29, 1.82) is 0 Å². The van der Waals surface area contributed by atoms with Gasteiger partial charge < -0.3 is 14.6 Å². The van der Waals surface area contributed by atoms with Crippen molar-refractivity contribution in [3.8, 4) is 11.3 Å². The molecule has 2 aromatic heterocycles. The van der Waals surface area contributed by atoms with E-state index in [1.807, 2.05) is 43.7 Å². The second kappa shape index (κ2) is 7.92. The van der Waals surface area contributed by atoms with Crippen molar-refractivity contribution in [2.75, 3.05) is 27.2 Å². The second-order valence-corrected chi connectivity index (χ2v) is 7.42. The molecule has 27 heavy (non-hydrogen) atoms. The molecule has 3 aromatic rings. The number of aryl methyl sites for hydroxylation is 3. The summed E-state index contributed by atoms with van der Waals surface area (Å²) in [6.45, 7) is 7.72. The maximum Gasteiger partial charge on any atom is 0.226 e. The number of imidazole rings is 1. The number of amides is 1. The molecule has 3 rings (SSSR count). The van der Waals surface area contributed by atoms with E-state index >= 15 is 0 Å². The third kappa shape index (κ3) is 4.19. The molecule has 1 N–H and O–H groups in total. The Morgan fingerprint density at radius 2 is 1.89 bits per heavy atom. The average Bonchev–Trinajstić information content (AvgIpc) is 2.97. The van der Waals surface area contributed by atoms with E-state index in [1.54, 1.807) is 0 Å². The largest absolute Gasteiger partial charge is 0.354 e. The number of benzene rings is 1. The van der Waals surface area contributed by atoms with E-state index in [-0.39, 0.29) is 5.91 Å². The number of pyridine rings is 1. The van der Waals surface area contributed by atoms with Crippen LogP contribution in [0.1, 0.15) is 22.4 Å². The van der Waals surface area contributed by atoms with Crippen LogP contribution in [0.15, 0.2) is 36.5 Å². The molecule has 0 saturated heterocycles. The lowest BCUT2D eigenvalue weighted by Gasteiger charge is -2.11. The lowest BCUT2D eigenvalue weighted by molar-refractivity contribution is -0.120. The predicted octanol–water partition coefficient (Wildman–Crippen LogP) is 3.15. The highest BCUT2D eigenvalue weighted by molar-refractivity contribution is 5.82. The van der Waals surface area contributed by atoms with Crippen molar-refractivity contribution in [2.24, 2.45) is 0 Å². The Kier molecular flexibility index (Phi) is 5.61. The number of fused-ring (bicyclic) bond motifs is 1. The van der Waals surface area contributed by atoms with Crippen LogP contribution in [0.2, 0.25) is 0 Å². The molecule has 1 aromatic carbocycles. The Morgan fingerprint density at radius 1 is 1.11 bits per heavy atom. The first-order valence-corrected chi connectivity index (χ1v) is 9.32. The van der Waals surface area contributed by atoms with Gasteiger partial charge in [-0.25, -0.2) is 4.98 Å². The smallest absolute Gasteiger partial charge is 0.226 e. The van der Waals surface area contributed by atoms with Gasteiger partial charge in [0.25, 0.3) is 0 Å². The van der Waals surface area contributed by atoms with E-state index in [0.717, 1.165) is 34.7 Å². The number of nitrogens with zero attached hydrogens (tertiary/aromatic N) is 3. The average molecular weight is 364 g/mol. The van der Waals surface area contributed by atoms with Crippen LogP contribution in [0.4, 0.5) is 0 Å². The van der Waals surface area contributed by atoms with Crippen LogP contribution < -0.4 is 5.32 Å². The van der Waals surface area contributed by atoms with Gasteiger partial charge in [-0.3, -0.25) is 4.79 Å². The van der Waals surface area contributed by atoms with Gasteiger partial charge in [0.1, 0.15) is 5.65 Å². The van der Waals surface area contributed by atoms with E-state index in [9.17, 15) is 4.79 Å².